The van der Waals surface area contributed by atoms with Crippen molar-refractivity contribution in [1.29, 1.82) is 0 Å². The van der Waals surface area contributed by atoms with Gasteiger partial charge >= 0.3 is 0 Å². The molecule has 2 bridgehead atoms. The molecule has 2 aromatic heterocycles. The lowest BCUT2D eigenvalue weighted by atomic mass is 9.81. The molecule has 0 radical (unpaired) electrons. The summed E-state index contributed by atoms with van der Waals surface area (Å²) in [6.45, 7) is 0. The maximum absolute atomic E-state index is 14.0. The number of halogens is 4. The summed E-state index contributed by atoms with van der Waals surface area (Å²) in [5.74, 6) is -4.68. The summed E-state index contributed by atoms with van der Waals surface area (Å²) in [5, 5.41) is 8.62. The highest BCUT2D eigenvalue weighted by molar-refractivity contribution is 5.95. The summed E-state index contributed by atoms with van der Waals surface area (Å²) in [6, 6.07) is 8.38. The predicted octanol–water partition coefficient (Wildman–Crippen LogP) is 5.12. The largest absolute Gasteiger partial charge is 0.327 e. The molecule has 0 N–H and O–H groups in total. The van der Waals surface area contributed by atoms with Gasteiger partial charge in [-0.1, -0.05) is 6.07 Å². The van der Waals surface area contributed by atoms with E-state index in [9.17, 15) is 22.4 Å². The van der Waals surface area contributed by atoms with Crippen LogP contribution < -0.4 is 0 Å². The number of aryl methyl sites for hydroxylation is 1. The van der Waals surface area contributed by atoms with Gasteiger partial charge in [-0.15, -0.1) is 0 Å². The number of fused-ring (bicyclic) bond motifs is 4. The first-order chi connectivity index (χ1) is 17.3. The molecule has 0 unspecified atom stereocenters. The average Bonchev–Trinajstić information content (AvgIpc) is 3.44. The Morgan fingerprint density at radius 1 is 1.06 bits per heavy atom. The van der Waals surface area contributed by atoms with Gasteiger partial charge in [0.15, 0.2) is 23.3 Å². The lowest BCUT2D eigenvalue weighted by Gasteiger charge is -2.45. The van der Waals surface area contributed by atoms with E-state index in [1.54, 1.807) is 36.0 Å². The zero-order valence-electron chi connectivity index (χ0n) is 19.3. The molecule has 10 heteroatoms. The first-order valence-corrected chi connectivity index (χ1v) is 11.7. The van der Waals surface area contributed by atoms with Crippen LogP contribution >= 0.6 is 0 Å². The zero-order chi connectivity index (χ0) is 25.1. The van der Waals surface area contributed by atoms with Crippen molar-refractivity contribution in [3.63, 3.8) is 0 Å². The van der Waals surface area contributed by atoms with Crippen molar-refractivity contribution in [3.05, 3.63) is 88.9 Å². The van der Waals surface area contributed by atoms with E-state index in [-0.39, 0.29) is 23.6 Å². The molecule has 0 saturated carbocycles. The highest BCUT2D eigenvalue weighted by atomic mass is 19.2. The van der Waals surface area contributed by atoms with Gasteiger partial charge < -0.3 is 4.90 Å². The molecule has 1 amide bonds. The van der Waals surface area contributed by atoms with Crippen LogP contribution in [0.4, 0.5) is 17.6 Å². The highest BCUT2D eigenvalue weighted by Gasteiger charge is 2.43. The second-order valence-electron chi connectivity index (χ2n) is 9.26. The molecule has 1 saturated heterocycles. The Morgan fingerprint density at radius 3 is 2.56 bits per heavy atom. The van der Waals surface area contributed by atoms with Crippen molar-refractivity contribution in [2.75, 3.05) is 0 Å². The van der Waals surface area contributed by atoms with E-state index in [1.165, 1.54) is 10.9 Å². The Balaban J connectivity index is 1.39. The van der Waals surface area contributed by atoms with Gasteiger partial charge in [0.1, 0.15) is 0 Å². The van der Waals surface area contributed by atoms with Crippen LogP contribution in [0.25, 0.3) is 16.9 Å². The zero-order valence-corrected chi connectivity index (χ0v) is 19.3. The standard InChI is InChI=1S/C26H21F4N5O/c1-33-25(15-9-20(28)23(30)21(29)10-15)19-11-18-6-3-7-22(24(19)32-33)35(18)26(36)14-4-2-5-17(8-14)34-13-16(27)12-31-34/h2,4-5,8-10,12-13,18,22H,3,6-7,11H2,1H3/t18-,22+/m1/s1. The highest BCUT2D eigenvalue weighted by Crippen LogP contribution is 2.45. The van der Waals surface area contributed by atoms with Crippen molar-refractivity contribution >= 4 is 5.91 Å². The minimum Gasteiger partial charge on any atom is -0.327 e. The van der Waals surface area contributed by atoms with Crippen molar-refractivity contribution in [2.45, 2.75) is 37.8 Å². The second kappa shape index (κ2) is 8.32. The quantitative estimate of drug-likeness (QED) is 0.293. The molecule has 4 aromatic rings. The maximum Gasteiger partial charge on any atom is 0.254 e. The molecule has 6 rings (SSSR count). The monoisotopic (exact) mass is 495 g/mol. The number of piperidine rings is 1. The minimum atomic E-state index is -1.51. The van der Waals surface area contributed by atoms with Crippen molar-refractivity contribution in [2.24, 2.45) is 7.05 Å². The van der Waals surface area contributed by atoms with Crippen LogP contribution in [0.5, 0.6) is 0 Å². The Labute approximate surface area is 203 Å². The fourth-order valence-electron chi connectivity index (χ4n) is 5.57. The van der Waals surface area contributed by atoms with Crippen molar-refractivity contribution < 1.29 is 22.4 Å². The summed E-state index contributed by atoms with van der Waals surface area (Å²) in [5.41, 5.74) is 3.25. The normalized spacial score (nSPS) is 18.9. The SMILES string of the molecule is Cn1nc2c(c1-c1cc(F)c(F)c(F)c1)C[C@H]1CCC[C@@H]2N1C(=O)c1cccc(-n2cc(F)cn2)c1. The summed E-state index contributed by atoms with van der Waals surface area (Å²) in [4.78, 5) is 15.6. The van der Waals surface area contributed by atoms with Crippen LogP contribution in [0.3, 0.4) is 0 Å². The summed E-state index contributed by atoms with van der Waals surface area (Å²) < 4.78 is 58.0. The fourth-order valence-corrected chi connectivity index (χ4v) is 5.57. The summed E-state index contributed by atoms with van der Waals surface area (Å²) in [7, 11) is 1.68. The first kappa shape index (κ1) is 22.5. The fraction of sp³-hybridized carbons (Fsp3) is 0.269. The van der Waals surface area contributed by atoms with E-state index in [0.29, 0.717) is 35.5 Å². The maximum atomic E-state index is 14.0. The van der Waals surface area contributed by atoms with Crippen molar-refractivity contribution in [1.82, 2.24) is 24.5 Å². The molecule has 4 heterocycles. The molecule has 0 spiro atoms. The Bertz CT molecular complexity index is 1490. The molecule has 36 heavy (non-hydrogen) atoms. The van der Waals surface area contributed by atoms with Crippen molar-refractivity contribution in [3.8, 4) is 16.9 Å². The molecule has 1 fully saturated rings. The van der Waals surface area contributed by atoms with E-state index >= 15 is 0 Å². The van der Waals surface area contributed by atoms with Gasteiger partial charge in [0.25, 0.3) is 5.91 Å². The smallest absolute Gasteiger partial charge is 0.254 e. The number of hydrogen-bond donors (Lipinski definition) is 0. The number of carbonyl (C=O) groups excluding carboxylic acids is 1. The Hall–Kier alpha value is -3.95. The first-order valence-electron chi connectivity index (χ1n) is 11.7. The third-order valence-corrected chi connectivity index (χ3v) is 7.08. The van der Waals surface area contributed by atoms with Gasteiger partial charge in [-0.05, 0) is 56.0 Å². The number of benzene rings is 2. The van der Waals surface area contributed by atoms with Gasteiger partial charge in [0.05, 0.1) is 35.5 Å². The van der Waals surface area contributed by atoms with Gasteiger partial charge in [-0.3, -0.25) is 9.48 Å². The van der Waals surface area contributed by atoms with Gasteiger partial charge in [0.2, 0.25) is 0 Å². The van der Waals surface area contributed by atoms with Crippen LogP contribution in [0.15, 0.2) is 48.8 Å². The van der Waals surface area contributed by atoms with Crippen LogP contribution in [-0.4, -0.2) is 36.4 Å². The van der Waals surface area contributed by atoms with E-state index < -0.39 is 23.3 Å². The minimum absolute atomic E-state index is 0.132. The van der Waals surface area contributed by atoms with Gasteiger partial charge in [0, 0.05) is 29.8 Å². The molecule has 2 aliphatic heterocycles. The predicted molar refractivity (Wildman–Crippen MR) is 122 cm³/mol. The molecule has 2 atom stereocenters. The molecular weight excluding hydrogens is 474 g/mol. The third-order valence-electron chi connectivity index (χ3n) is 7.08. The third kappa shape index (κ3) is 3.51. The van der Waals surface area contributed by atoms with Crippen LogP contribution in [0.1, 0.15) is 46.9 Å². The molecule has 6 nitrogen and oxygen atoms in total. The van der Waals surface area contributed by atoms with Crippen LogP contribution in [0.2, 0.25) is 0 Å². The van der Waals surface area contributed by atoms with E-state index in [0.717, 1.165) is 36.7 Å². The Morgan fingerprint density at radius 2 is 1.83 bits per heavy atom. The number of carbonyl (C=O) groups is 1. The molecule has 184 valence electrons. The number of amides is 1. The second-order valence-corrected chi connectivity index (χ2v) is 9.26. The number of hydrogen-bond acceptors (Lipinski definition) is 3. The summed E-state index contributed by atoms with van der Waals surface area (Å²) in [6.07, 6.45) is 5.18. The summed E-state index contributed by atoms with van der Waals surface area (Å²) >= 11 is 0. The number of aromatic nitrogens is 4. The molecule has 0 aliphatic carbocycles. The number of rotatable bonds is 3. The topological polar surface area (TPSA) is 56.0 Å². The Kier molecular flexibility index (Phi) is 5.20. The lowest BCUT2D eigenvalue weighted by molar-refractivity contribution is 0.0392. The van der Waals surface area contributed by atoms with Crippen LogP contribution in [0, 0.1) is 23.3 Å². The molecule has 2 aliphatic rings. The molecule has 2 aromatic carbocycles. The lowest BCUT2D eigenvalue weighted by Crippen LogP contribution is -2.49. The van der Waals surface area contributed by atoms with Crippen LogP contribution in [-0.2, 0) is 13.5 Å². The van der Waals surface area contributed by atoms with E-state index in [4.69, 9.17) is 0 Å². The van der Waals surface area contributed by atoms with E-state index in [1.807, 2.05) is 4.90 Å². The molecular formula is C26H21F4N5O. The van der Waals surface area contributed by atoms with Gasteiger partial charge in [-0.2, -0.15) is 10.2 Å². The number of nitrogens with zero attached hydrogens (tertiary/aromatic N) is 5. The average molecular weight is 495 g/mol. The van der Waals surface area contributed by atoms with E-state index in [2.05, 4.69) is 10.2 Å². The van der Waals surface area contributed by atoms with Gasteiger partial charge in [-0.25, -0.2) is 22.2 Å².